The van der Waals surface area contributed by atoms with Crippen LogP contribution in [0.4, 0.5) is 0 Å². The molecule has 8 nitrogen and oxygen atoms in total. The summed E-state index contributed by atoms with van der Waals surface area (Å²) in [6.45, 7) is 2.75. The number of nitrogens with one attached hydrogen (secondary N) is 2. The van der Waals surface area contributed by atoms with Gasteiger partial charge in [-0.2, -0.15) is 0 Å². The molecule has 2 N–H and O–H groups in total. The van der Waals surface area contributed by atoms with Gasteiger partial charge in [0.25, 0.3) is 15.9 Å². The van der Waals surface area contributed by atoms with Crippen LogP contribution in [0.2, 0.25) is 10.2 Å². The van der Waals surface area contributed by atoms with E-state index in [0.29, 0.717) is 17.3 Å². The number of hydrogen-bond donors (Lipinski definition) is 2. The Labute approximate surface area is 248 Å². The largest absolute Gasteiger partial charge is 0.496 e. The lowest BCUT2D eigenvalue weighted by Crippen LogP contribution is -2.30. The number of carbonyl (C=O) groups excluding carboxylic acids is 2. The van der Waals surface area contributed by atoms with E-state index in [-0.39, 0.29) is 33.2 Å². The summed E-state index contributed by atoms with van der Waals surface area (Å²) in [7, 11) is -0.872. The Hall–Kier alpha value is -3.53. The topological polar surface area (TPSA) is 109 Å². The predicted molar refractivity (Wildman–Crippen MR) is 159 cm³/mol. The van der Waals surface area contributed by atoms with Gasteiger partial charge in [0.05, 0.1) is 12.1 Å². The van der Waals surface area contributed by atoms with E-state index in [4.69, 9.17) is 27.9 Å². The summed E-state index contributed by atoms with van der Waals surface area (Å²) in [4.78, 5) is 30.2. The zero-order valence-corrected chi connectivity index (χ0v) is 25.0. The number of methoxy groups -OCH3 is 1. The van der Waals surface area contributed by atoms with Gasteiger partial charge in [0.1, 0.15) is 15.8 Å². The average molecular weight is 615 g/mol. The lowest BCUT2D eigenvalue weighted by Gasteiger charge is -2.18. The number of sulfonamides is 1. The van der Waals surface area contributed by atoms with E-state index in [1.165, 1.54) is 31.4 Å². The Kier molecular flexibility index (Phi) is 8.05. The van der Waals surface area contributed by atoms with Crippen LogP contribution < -0.4 is 9.46 Å². The van der Waals surface area contributed by atoms with Crippen molar-refractivity contribution in [1.29, 1.82) is 0 Å². The van der Waals surface area contributed by atoms with Crippen molar-refractivity contribution in [3.63, 3.8) is 0 Å². The highest BCUT2D eigenvalue weighted by Crippen LogP contribution is 2.40. The Morgan fingerprint density at radius 3 is 2.59 bits per heavy atom. The molecule has 0 saturated carbocycles. The number of carbonyl (C=O) groups is 2. The van der Waals surface area contributed by atoms with Crippen molar-refractivity contribution in [3.8, 4) is 5.75 Å². The standard InChI is InChI=1S/C30H29Cl2N3O5S/c1-17(27-22-15-18(8-11-24(22)33-28(27)32)14-20-12-13-35(2)30(20)37)21-10-9-19(16-25(21)40-3)29(36)34-41(38,39)26-7-5-4-6-23(26)31/h4-11,15-17,20,33H,12-14H2,1-3H3,(H,34,36). The molecule has 11 heteroatoms. The molecule has 0 radical (unpaired) electrons. The molecule has 0 bridgehead atoms. The van der Waals surface area contributed by atoms with Gasteiger partial charge in [-0.25, -0.2) is 13.1 Å². The molecule has 0 aliphatic carbocycles. The van der Waals surface area contributed by atoms with E-state index in [1.807, 2.05) is 26.1 Å². The highest BCUT2D eigenvalue weighted by atomic mass is 35.5. The van der Waals surface area contributed by atoms with Crippen molar-refractivity contribution >= 4 is 55.9 Å². The van der Waals surface area contributed by atoms with Crippen LogP contribution in [0.25, 0.3) is 10.9 Å². The van der Waals surface area contributed by atoms with Crippen molar-refractivity contribution in [1.82, 2.24) is 14.6 Å². The maximum atomic E-state index is 12.9. The molecular formula is C30H29Cl2N3O5S. The summed E-state index contributed by atoms with van der Waals surface area (Å²) in [6, 6.07) is 16.7. The first-order valence-electron chi connectivity index (χ1n) is 13.0. The number of fused-ring (bicyclic) bond motifs is 1. The number of H-pyrrole nitrogens is 1. The van der Waals surface area contributed by atoms with Gasteiger partial charge in [0.2, 0.25) is 5.91 Å². The fourth-order valence-corrected chi connectivity index (χ4v) is 7.27. The molecule has 214 valence electrons. The number of hydrogen-bond acceptors (Lipinski definition) is 5. The minimum atomic E-state index is -4.19. The van der Waals surface area contributed by atoms with Gasteiger partial charge in [0.15, 0.2) is 0 Å². The maximum absolute atomic E-state index is 12.9. The van der Waals surface area contributed by atoms with Crippen molar-refractivity contribution in [2.75, 3.05) is 20.7 Å². The number of ether oxygens (including phenoxy) is 1. The number of benzene rings is 3. The lowest BCUT2D eigenvalue weighted by molar-refractivity contribution is -0.129. The highest BCUT2D eigenvalue weighted by Gasteiger charge is 2.29. The first-order valence-corrected chi connectivity index (χ1v) is 15.3. The monoisotopic (exact) mass is 613 g/mol. The minimum Gasteiger partial charge on any atom is -0.496 e. The molecular weight excluding hydrogens is 585 g/mol. The SMILES string of the molecule is COc1cc(C(=O)NS(=O)(=O)c2ccccc2Cl)ccc1C(C)c1c(Cl)[nH]c2ccc(CC3CCN(C)C3=O)cc12. The Balaban J connectivity index is 1.43. The van der Waals surface area contributed by atoms with Gasteiger partial charge in [-0.3, -0.25) is 9.59 Å². The van der Waals surface area contributed by atoms with Gasteiger partial charge in [-0.1, -0.05) is 54.4 Å². The highest BCUT2D eigenvalue weighted by molar-refractivity contribution is 7.90. The number of nitrogens with zero attached hydrogens (tertiary/aromatic N) is 1. The fourth-order valence-electron chi connectivity index (χ4n) is 5.41. The van der Waals surface area contributed by atoms with Crippen LogP contribution in [0, 0.1) is 5.92 Å². The van der Waals surface area contributed by atoms with E-state index in [1.54, 1.807) is 23.1 Å². The first-order chi connectivity index (χ1) is 19.5. The zero-order chi connectivity index (χ0) is 29.5. The number of likely N-dealkylation sites (tertiary alicyclic amines) is 1. The van der Waals surface area contributed by atoms with Crippen molar-refractivity contribution in [2.45, 2.75) is 30.6 Å². The van der Waals surface area contributed by atoms with Crippen LogP contribution in [-0.2, 0) is 21.2 Å². The second-order valence-corrected chi connectivity index (χ2v) is 12.7. The van der Waals surface area contributed by atoms with E-state index in [2.05, 4.69) is 15.8 Å². The Morgan fingerprint density at radius 2 is 1.90 bits per heavy atom. The summed E-state index contributed by atoms with van der Waals surface area (Å²) >= 11 is 12.7. The summed E-state index contributed by atoms with van der Waals surface area (Å²) in [5.41, 5.74) is 3.64. The predicted octanol–water partition coefficient (Wildman–Crippen LogP) is 5.77. The first kappa shape index (κ1) is 29.0. The number of aromatic amines is 1. The molecule has 1 saturated heterocycles. The minimum absolute atomic E-state index is 0.00972. The smallest absolute Gasteiger partial charge is 0.265 e. The molecule has 4 aromatic rings. The van der Waals surface area contributed by atoms with Crippen LogP contribution in [0.5, 0.6) is 5.75 Å². The summed E-state index contributed by atoms with van der Waals surface area (Å²) in [6.07, 6.45) is 1.49. The van der Waals surface area contributed by atoms with Gasteiger partial charge in [-0.05, 0) is 54.8 Å². The molecule has 0 spiro atoms. The Bertz CT molecular complexity index is 1770. The lowest BCUT2D eigenvalue weighted by atomic mass is 9.90. The number of halogens is 2. The van der Waals surface area contributed by atoms with E-state index in [0.717, 1.165) is 40.6 Å². The third kappa shape index (κ3) is 5.66. The Morgan fingerprint density at radius 1 is 1.15 bits per heavy atom. The van der Waals surface area contributed by atoms with Crippen LogP contribution in [-0.4, -0.2) is 50.8 Å². The third-order valence-electron chi connectivity index (χ3n) is 7.62. The number of amides is 2. The molecule has 1 aliphatic heterocycles. The fraction of sp³-hybridized carbons (Fsp3) is 0.267. The van der Waals surface area contributed by atoms with Crippen LogP contribution in [0.3, 0.4) is 0 Å². The van der Waals surface area contributed by atoms with E-state index >= 15 is 0 Å². The normalized spacial score (nSPS) is 16.3. The summed E-state index contributed by atoms with van der Waals surface area (Å²) in [5, 5.41) is 1.43. The van der Waals surface area contributed by atoms with Gasteiger partial charge in [0, 0.05) is 53.0 Å². The van der Waals surface area contributed by atoms with E-state index in [9.17, 15) is 18.0 Å². The molecule has 2 amide bonds. The summed E-state index contributed by atoms with van der Waals surface area (Å²) in [5.74, 6) is -0.525. The third-order valence-corrected chi connectivity index (χ3v) is 9.75. The van der Waals surface area contributed by atoms with Gasteiger partial charge in [-0.15, -0.1) is 0 Å². The molecule has 1 aromatic heterocycles. The number of rotatable bonds is 8. The second-order valence-electron chi connectivity index (χ2n) is 10.2. The van der Waals surface area contributed by atoms with Crippen LogP contribution in [0.1, 0.15) is 46.3 Å². The zero-order valence-electron chi connectivity index (χ0n) is 22.7. The number of aromatic nitrogens is 1. The molecule has 41 heavy (non-hydrogen) atoms. The summed E-state index contributed by atoms with van der Waals surface area (Å²) < 4.78 is 33.2. The molecule has 1 aliphatic rings. The maximum Gasteiger partial charge on any atom is 0.265 e. The van der Waals surface area contributed by atoms with Crippen molar-refractivity contribution < 1.29 is 22.7 Å². The molecule has 5 rings (SSSR count). The average Bonchev–Trinajstić information content (AvgIpc) is 3.44. The quantitative estimate of drug-likeness (QED) is 0.262. The van der Waals surface area contributed by atoms with Crippen molar-refractivity contribution in [3.05, 3.63) is 93.1 Å². The van der Waals surface area contributed by atoms with E-state index < -0.39 is 15.9 Å². The van der Waals surface area contributed by atoms with Crippen molar-refractivity contribution in [2.24, 2.45) is 5.92 Å². The second kappa shape index (κ2) is 11.4. The van der Waals surface area contributed by atoms with Gasteiger partial charge < -0.3 is 14.6 Å². The molecule has 2 heterocycles. The molecule has 3 aromatic carbocycles. The molecule has 2 atom stereocenters. The molecule has 2 unspecified atom stereocenters. The molecule has 1 fully saturated rings. The van der Waals surface area contributed by atoms with Crippen LogP contribution in [0.15, 0.2) is 65.6 Å². The van der Waals surface area contributed by atoms with Gasteiger partial charge >= 0.3 is 0 Å². The van der Waals surface area contributed by atoms with Crippen LogP contribution >= 0.6 is 23.2 Å².